The molecule has 3 rings (SSSR count). The lowest BCUT2D eigenvalue weighted by Gasteiger charge is -2.37. The number of rotatable bonds is 1. The molecule has 6 nitrogen and oxygen atoms in total. The van der Waals surface area contributed by atoms with Crippen LogP contribution in [0.5, 0.6) is 0 Å². The molecule has 1 N–H and O–H groups in total. The van der Waals surface area contributed by atoms with E-state index in [1.165, 1.54) is 0 Å². The third-order valence-electron chi connectivity index (χ3n) is 3.63. The maximum atomic E-state index is 12.4. The van der Waals surface area contributed by atoms with Crippen molar-refractivity contribution in [3.05, 3.63) is 30.1 Å². The number of hydrogen-bond donors (Lipinski definition) is 1. The van der Waals surface area contributed by atoms with E-state index in [1.807, 2.05) is 0 Å². The number of piperazine rings is 1. The molecule has 2 aliphatic rings. The Morgan fingerprint density at radius 1 is 1.37 bits per heavy atom. The molecule has 1 amide bonds. The van der Waals surface area contributed by atoms with Crippen LogP contribution in [0.25, 0.3) is 0 Å². The summed E-state index contributed by atoms with van der Waals surface area (Å²) in [5.41, 5.74) is 0.368. The Morgan fingerprint density at radius 3 is 2.95 bits per heavy atom. The minimum absolute atomic E-state index is 0.0449. The van der Waals surface area contributed by atoms with Gasteiger partial charge in [0.2, 0.25) is 0 Å². The molecular formula is C12H15N3O3S. The van der Waals surface area contributed by atoms with Crippen LogP contribution in [-0.2, 0) is 9.84 Å². The molecule has 0 bridgehead atoms. The predicted molar refractivity (Wildman–Crippen MR) is 69.5 cm³/mol. The van der Waals surface area contributed by atoms with Gasteiger partial charge in [0.1, 0.15) is 5.69 Å². The Bertz CT molecular complexity index is 587. The number of carbonyl (C=O) groups excluding carboxylic acids is 1. The van der Waals surface area contributed by atoms with Crippen molar-refractivity contribution in [1.29, 1.82) is 0 Å². The molecule has 19 heavy (non-hydrogen) atoms. The van der Waals surface area contributed by atoms with Crippen molar-refractivity contribution in [3.8, 4) is 0 Å². The highest BCUT2D eigenvalue weighted by Crippen LogP contribution is 2.22. The maximum absolute atomic E-state index is 12.4. The summed E-state index contributed by atoms with van der Waals surface area (Å²) >= 11 is 0. The van der Waals surface area contributed by atoms with E-state index in [0.29, 0.717) is 18.8 Å². The number of hydrogen-bond acceptors (Lipinski definition) is 5. The highest BCUT2D eigenvalue weighted by Gasteiger charge is 2.44. The van der Waals surface area contributed by atoms with Gasteiger partial charge < -0.3 is 10.2 Å². The van der Waals surface area contributed by atoms with Crippen LogP contribution >= 0.6 is 0 Å². The van der Waals surface area contributed by atoms with E-state index in [-0.39, 0.29) is 29.5 Å². The number of pyridine rings is 1. The predicted octanol–water partition coefficient (Wildman–Crippen LogP) is -0.707. The maximum Gasteiger partial charge on any atom is 0.272 e. The van der Waals surface area contributed by atoms with Gasteiger partial charge in [-0.25, -0.2) is 8.42 Å². The molecule has 1 aromatic heterocycles. The summed E-state index contributed by atoms with van der Waals surface area (Å²) in [6.07, 6.45) is 1.57. The van der Waals surface area contributed by atoms with Gasteiger partial charge in [-0.2, -0.15) is 0 Å². The first-order valence-electron chi connectivity index (χ1n) is 6.23. The minimum atomic E-state index is -3.05. The summed E-state index contributed by atoms with van der Waals surface area (Å²) in [6.45, 7) is 1.14. The molecule has 2 atom stereocenters. The smallest absolute Gasteiger partial charge is 0.272 e. The van der Waals surface area contributed by atoms with Crippen LogP contribution in [-0.4, -0.2) is 60.9 Å². The fraction of sp³-hybridized carbons (Fsp3) is 0.500. The lowest BCUT2D eigenvalue weighted by Crippen LogP contribution is -2.59. The molecule has 0 aliphatic carbocycles. The van der Waals surface area contributed by atoms with Crippen LogP contribution in [0.3, 0.4) is 0 Å². The second-order valence-electron chi connectivity index (χ2n) is 4.92. The minimum Gasteiger partial charge on any atom is -0.330 e. The van der Waals surface area contributed by atoms with Gasteiger partial charge in [0, 0.05) is 25.3 Å². The standard InChI is InChI=1S/C12H15N3O3S/c16-12(9-3-1-2-4-13-9)15-6-5-14-10-7-19(17,18)8-11(10)15/h1-4,10-11,14H,5-8H2. The molecule has 102 valence electrons. The number of amides is 1. The number of carbonyl (C=O) groups is 1. The van der Waals surface area contributed by atoms with Crippen LogP contribution in [0, 0.1) is 0 Å². The topological polar surface area (TPSA) is 79.4 Å². The molecule has 3 heterocycles. The van der Waals surface area contributed by atoms with Gasteiger partial charge in [-0.15, -0.1) is 0 Å². The Hall–Kier alpha value is -1.47. The van der Waals surface area contributed by atoms with Crippen molar-refractivity contribution in [2.45, 2.75) is 12.1 Å². The Labute approximate surface area is 111 Å². The first-order valence-corrected chi connectivity index (χ1v) is 8.05. The van der Waals surface area contributed by atoms with Gasteiger partial charge in [-0.05, 0) is 12.1 Å². The van der Waals surface area contributed by atoms with Gasteiger partial charge in [0.15, 0.2) is 9.84 Å². The van der Waals surface area contributed by atoms with Gasteiger partial charge in [0.05, 0.1) is 17.5 Å². The Balaban J connectivity index is 1.87. The zero-order valence-electron chi connectivity index (χ0n) is 10.3. The average molecular weight is 281 g/mol. The van der Waals surface area contributed by atoms with E-state index in [9.17, 15) is 13.2 Å². The Morgan fingerprint density at radius 2 is 2.21 bits per heavy atom. The molecule has 2 saturated heterocycles. The number of fused-ring (bicyclic) bond motifs is 1. The SMILES string of the molecule is O=C(c1ccccn1)N1CCNC2CS(=O)(=O)CC21. The number of nitrogens with zero attached hydrogens (tertiary/aromatic N) is 2. The summed E-state index contributed by atoms with van der Waals surface area (Å²) in [4.78, 5) is 18.1. The second kappa shape index (κ2) is 4.57. The first-order chi connectivity index (χ1) is 9.07. The number of sulfone groups is 1. The fourth-order valence-electron chi connectivity index (χ4n) is 2.76. The van der Waals surface area contributed by atoms with Crippen molar-refractivity contribution < 1.29 is 13.2 Å². The monoisotopic (exact) mass is 281 g/mol. The van der Waals surface area contributed by atoms with Gasteiger partial charge in [-0.3, -0.25) is 9.78 Å². The summed E-state index contributed by atoms with van der Waals surface area (Å²) in [7, 11) is -3.05. The van der Waals surface area contributed by atoms with E-state index >= 15 is 0 Å². The van der Waals surface area contributed by atoms with Crippen molar-refractivity contribution >= 4 is 15.7 Å². The van der Waals surface area contributed by atoms with Crippen LogP contribution in [0.4, 0.5) is 0 Å². The molecule has 0 aromatic carbocycles. The van der Waals surface area contributed by atoms with Crippen molar-refractivity contribution in [3.63, 3.8) is 0 Å². The normalized spacial score (nSPS) is 28.9. The van der Waals surface area contributed by atoms with Crippen molar-refractivity contribution in [2.75, 3.05) is 24.6 Å². The highest BCUT2D eigenvalue weighted by atomic mass is 32.2. The van der Waals surface area contributed by atoms with E-state index in [1.54, 1.807) is 29.3 Å². The van der Waals surface area contributed by atoms with Gasteiger partial charge in [0.25, 0.3) is 5.91 Å². The summed E-state index contributed by atoms with van der Waals surface area (Å²) in [5.74, 6) is -0.0263. The second-order valence-corrected chi connectivity index (χ2v) is 7.07. The fourth-order valence-corrected chi connectivity index (χ4v) is 4.71. The summed E-state index contributed by atoms with van der Waals surface area (Å²) < 4.78 is 23.4. The highest BCUT2D eigenvalue weighted by molar-refractivity contribution is 7.91. The molecule has 0 saturated carbocycles. The molecule has 2 fully saturated rings. The first kappa shape index (κ1) is 12.6. The van der Waals surface area contributed by atoms with Gasteiger partial charge >= 0.3 is 0 Å². The Kier molecular flexibility index (Phi) is 3.02. The molecular weight excluding hydrogens is 266 g/mol. The summed E-state index contributed by atoms with van der Waals surface area (Å²) in [6, 6.07) is 4.74. The quantitative estimate of drug-likeness (QED) is 0.736. The molecule has 2 aliphatic heterocycles. The third-order valence-corrected chi connectivity index (χ3v) is 5.34. The molecule has 2 unspecified atom stereocenters. The molecule has 7 heteroatoms. The molecule has 0 radical (unpaired) electrons. The number of nitrogens with one attached hydrogen (secondary N) is 1. The van der Waals surface area contributed by atoms with E-state index in [2.05, 4.69) is 10.3 Å². The van der Waals surface area contributed by atoms with E-state index < -0.39 is 9.84 Å². The zero-order chi connectivity index (χ0) is 13.5. The summed E-state index contributed by atoms with van der Waals surface area (Å²) in [5, 5.41) is 3.18. The third kappa shape index (κ3) is 2.35. The molecule has 1 aromatic rings. The average Bonchev–Trinajstić information content (AvgIpc) is 2.72. The van der Waals surface area contributed by atoms with Crippen LogP contribution in [0.2, 0.25) is 0 Å². The number of aromatic nitrogens is 1. The molecule has 0 spiro atoms. The van der Waals surface area contributed by atoms with Crippen molar-refractivity contribution in [1.82, 2.24) is 15.2 Å². The van der Waals surface area contributed by atoms with Crippen molar-refractivity contribution in [2.24, 2.45) is 0 Å². The largest absolute Gasteiger partial charge is 0.330 e. The van der Waals surface area contributed by atoms with Crippen LogP contribution in [0.1, 0.15) is 10.5 Å². The van der Waals surface area contributed by atoms with E-state index in [0.717, 1.165) is 0 Å². The van der Waals surface area contributed by atoms with Crippen LogP contribution in [0.15, 0.2) is 24.4 Å². The lowest BCUT2D eigenvalue weighted by atomic mass is 10.1. The zero-order valence-corrected chi connectivity index (χ0v) is 11.1. The van der Waals surface area contributed by atoms with Gasteiger partial charge in [-0.1, -0.05) is 6.07 Å². The van der Waals surface area contributed by atoms with E-state index in [4.69, 9.17) is 0 Å². The lowest BCUT2D eigenvalue weighted by molar-refractivity contribution is 0.0615. The van der Waals surface area contributed by atoms with Crippen LogP contribution < -0.4 is 5.32 Å².